The minimum Gasteiger partial charge on any atom is -0.339 e. The molecule has 0 spiro atoms. The maximum absolute atomic E-state index is 12.9. The molecule has 3 heterocycles. The average molecular weight is 336 g/mol. The summed E-state index contributed by atoms with van der Waals surface area (Å²) >= 11 is 0. The van der Waals surface area contributed by atoms with E-state index in [9.17, 15) is 4.79 Å². The summed E-state index contributed by atoms with van der Waals surface area (Å²) in [5, 5.41) is 3.41. The number of pyridine rings is 1. The Bertz CT molecular complexity index is 725. The van der Waals surface area contributed by atoms with E-state index in [4.69, 9.17) is 0 Å². The number of fused-ring (bicyclic) bond motifs is 1. The summed E-state index contributed by atoms with van der Waals surface area (Å²) in [5.74, 6) is 0.246. The van der Waals surface area contributed by atoms with Crippen LogP contribution in [-0.4, -0.2) is 52.9 Å². The highest BCUT2D eigenvalue weighted by Gasteiger charge is 2.29. The normalized spacial score (nSPS) is 21.0. The zero-order chi connectivity index (χ0) is 17.1. The first-order chi connectivity index (χ1) is 12.3. The number of amides is 1. The lowest BCUT2D eigenvalue weighted by molar-refractivity contribution is -0.135. The monoisotopic (exact) mass is 336 g/mol. The predicted molar refractivity (Wildman–Crippen MR) is 96.9 cm³/mol. The molecule has 1 aromatic heterocycles. The largest absolute Gasteiger partial charge is 0.339 e. The fourth-order valence-electron chi connectivity index (χ4n) is 3.73. The van der Waals surface area contributed by atoms with Crippen LogP contribution in [0.25, 0.3) is 0 Å². The molecule has 25 heavy (non-hydrogen) atoms. The number of carbonyl (C=O) groups is 1. The van der Waals surface area contributed by atoms with Crippen molar-refractivity contribution < 1.29 is 4.79 Å². The van der Waals surface area contributed by atoms with Gasteiger partial charge in [0.2, 0.25) is 5.91 Å². The molecule has 1 fully saturated rings. The van der Waals surface area contributed by atoms with Crippen LogP contribution in [0.2, 0.25) is 0 Å². The maximum atomic E-state index is 12.9. The number of nitrogens with zero attached hydrogens (tertiary/aromatic N) is 3. The van der Waals surface area contributed by atoms with Crippen LogP contribution in [0.4, 0.5) is 0 Å². The summed E-state index contributed by atoms with van der Waals surface area (Å²) in [7, 11) is 0. The molecular weight excluding hydrogens is 312 g/mol. The Hall–Kier alpha value is -2.24. The van der Waals surface area contributed by atoms with Crippen molar-refractivity contribution in [2.45, 2.75) is 25.6 Å². The molecule has 1 aromatic carbocycles. The van der Waals surface area contributed by atoms with Crippen LogP contribution in [0.3, 0.4) is 0 Å². The summed E-state index contributed by atoms with van der Waals surface area (Å²) in [6, 6.07) is 12.4. The van der Waals surface area contributed by atoms with Gasteiger partial charge < -0.3 is 10.2 Å². The quantitative estimate of drug-likeness (QED) is 0.921. The molecule has 1 unspecified atom stereocenters. The van der Waals surface area contributed by atoms with E-state index in [0.29, 0.717) is 0 Å². The molecule has 0 aliphatic carbocycles. The summed E-state index contributed by atoms with van der Waals surface area (Å²) in [4.78, 5) is 21.4. The Morgan fingerprint density at radius 3 is 2.64 bits per heavy atom. The van der Waals surface area contributed by atoms with Crippen molar-refractivity contribution in [1.29, 1.82) is 0 Å². The third-order valence-electron chi connectivity index (χ3n) is 5.19. The van der Waals surface area contributed by atoms with Crippen LogP contribution in [-0.2, 0) is 24.3 Å². The molecule has 2 aromatic rings. The van der Waals surface area contributed by atoms with Crippen molar-refractivity contribution in [2.75, 3.05) is 26.2 Å². The number of hydrogen-bond donors (Lipinski definition) is 1. The summed E-state index contributed by atoms with van der Waals surface area (Å²) < 4.78 is 0. The molecule has 1 N–H and O–H groups in total. The first kappa shape index (κ1) is 16.2. The number of nitrogens with one attached hydrogen (secondary N) is 1. The van der Waals surface area contributed by atoms with Gasteiger partial charge in [0.15, 0.2) is 0 Å². The fraction of sp³-hybridized carbons (Fsp3) is 0.400. The number of rotatable bonds is 3. The van der Waals surface area contributed by atoms with Crippen LogP contribution in [0.1, 0.15) is 16.7 Å². The molecule has 4 rings (SSSR count). The summed E-state index contributed by atoms with van der Waals surface area (Å²) in [5.41, 5.74) is 3.84. The molecule has 5 heteroatoms. The van der Waals surface area contributed by atoms with Gasteiger partial charge in [-0.2, -0.15) is 0 Å². The lowest BCUT2D eigenvalue weighted by Crippen LogP contribution is -2.55. The van der Waals surface area contributed by atoms with Crippen LogP contribution in [0.15, 0.2) is 48.8 Å². The van der Waals surface area contributed by atoms with E-state index in [1.54, 1.807) is 6.20 Å². The summed E-state index contributed by atoms with van der Waals surface area (Å²) in [6.07, 6.45) is 4.52. The molecule has 0 radical (unpaired) electrons. The number of hydrogen-bond acceptors (Lipinski definition) is 4. The van der Waals surface area contributed by atoms with Crippen molar-refractivity contribution in [3.8, 4) is 0 Å². The molecular formula is C20H24N4O. The van der Waals surface area contributed by atoms with Gasteiger partial charge in [0.25, 0.3) is 0 Å². The van der Waals surface area contributed by atoms with E-state index in [1.807, 2.05) is 17.2 Å². The Labute approximate surface area is 148 Å². The molecule has 0 bridgehead atoms. The average Bonchev–Trinajstić information content (AvgIpc) is 2.68. The third-order valence-corrected chi connectivity index (χ3v) is 5.19. The first-order valence-electron chi connectivity index (χ1n) is 9.00. The number of carbonyl (C=O) groups excluding carboxylic acids is 1. The van der Waals surface area contributed by atoms with Crippen LogP contribution in [0, 0.1) is 0 Å². The molecule has 1 saturated heterocycles. The zero-order valence-electron chi connectivity index (χ0n) is 14.4. The van der Waals surface area contributed by atoms with Gasteiger partial charge in [-0.1, -0.05) is 30.3 Å². The minimum absolute atomic E-state index is 0.0835. The zero-order valence-corrected chi connectivity index (χ0v) is 14.4. The second-order valence-electron chi connectivity index (χ2n) is 6.87. The summed E-state index contributed by atoms with van der Waals surface area (Å²) in [6.45, 7) is 5.14. The molecule has 2 aliphatic heterocycles. The van der Waals surface area contributed by atoms with Gasteiger partial charge in [-0.25, -0.2) is 0 Å². The number of piperazine rings is 1. The standard InChI is InChI=1S/C20H24N4O/c25-20(19-12-17-5-1-2-6-18(17)14-22-19)24-10-8-23(9-11-24)15-16-4-3-7-21-13-16/h1-7,13,19,22H,8-12,14-15H2. The maximum Gasteiger partial charge on any atom is 0.240 e. The van der Waals surface area contributed by atoms with E-state index >= 15 is 0 Å². The lowest BCUT2D eigenvalue weighted by Gasteiger charge is -2.37. The van der Waals surface area contributed by atoms with Crippen molar-refractivity contribution in [2.24, 2.45) is 0 Å². The van der Waals surface area contributed by atoms with Crippen molar-refractivity contribution in [3.63, 3.8) is 0 Å². The molecule has 5 nitrogen and oxygen atoms in total. The third kappa shape index (κ3) is 3.72. The molecule has 2 aliphatic rings. The van der Waals surface area contributed by atoms with E-state index in [-0.39, 0.29) is 11.9 Å². The Morgan fingerprint density at radius 2 is 1.88 bits per heavy atom. The van der Waals surface area contributed by atoms with Crippen molar-refractivity contribution in [1.82, 2.24) is 20.1 Å². The van der Waals surface area contributed by atoms with Gasteiger partial charge in [-0.15, -0.1) is 0 Å². The van der Waals surface area contributed by atoms with Gasteiger partial charge in [-0.05, 0) is 29.2 Å². The van der Waals surface area contributed by atoms with E-state index < -0.39 is 0 Å². The Kier molecular flexibility index (Phi) is 4.76. The molecule has 130 valence electrons. The second-order valence-corrected chi connectivity index (χ2v) is 6.87. The van der Waals surface area contributed by atoms with E-state index in [0.717, 1.165) is 45.7 Å². The first-order valence-corrected chi connectivity index (χ1v) is 9.00. The topological polar surface area (TPSA) is 48.5 Å². The van der Waals surface area contributed by atoms with Crippen molar-refractivity contribution in [3.05, 3.63) is 65.5 Å². The Balaban J connectivity index is 1.31. The molecule has 1 atom stereocenters. The minimum atomic E-state index is -0.0835. The van der Waals surface area contributed by atoms with Gasteiger partial charge >= 0.3 is 0 Å². The second kappa shape index (κ2) is 7.33. The van der Waals surface area contributed by atoms with E-state index in [1.165, 1.54) is 16.7 Å². The number of benzene rings is 1. The highest BCUT2D eigenvalue weighted by Crippen LogP contribution is 2.18. The van der Waals surface area contributed by atoms with Crippen molar-refractivity contribution >= 4 is 5.91 Å². The van der Waals surface area contributed by atoms with Gasteiger partial charge in [0.05, 0.1) is 6.04 Å². The SMILES string of the molecule is O=C(C1Cc2ccccc2CN1)N1CCN(Cc2cccnc2)CC1. The van der Waals surface area contributed by atoms with Crippen LogP contribution >= 0.6 is 0 Å². The van der Waals surface area contributed by atoms with E-state index in [2.05, 4.69) is 45.5 Å². The highest BCUT2D eigenvalue weighted by molar-refractivity contribution is 5.82. The van der Waals surface area contributed by atoms with Crippen LogP contribution in [0.5, 0.6) is 0 Å². The molecule has 0 saturated carbocycles. The van der Waals surface area contributed by atoms with Gasteiger partial charge in [0, 0.05) is 51.7 Å². The smallest absolute Gasteiger partial charge is 0.240 e. The predicted octanol–water partition coefficient (Wildman–Crippen LogP) is 1.44. The Morgan fingerprint density at radius 1 is 1.08 bits per heavy atom. The fourth-order valence-corrected chi connectivity index (χ4v) is 3.73. The van der Waals surface area contributed by atoms with Crippen LogP contribution < -0.4 is 5.32 Å². The van der Waals surface area contributed by atoms with Gasteiger partial charge in [-0.3, -0.25) is 14.7 Å². The van der Waals surface area contributed by atoms with Gasteiger partial charge in [0.1, 0.15) is 0 Å². The number of aromatic nitrogens is 1. The lowest BCUT2D eigenvalue weighted by atomic mass is 9.95. The highest BCUT2D eigenvalue weighted by atomic mass is 16.2. The molecule has 1 amide bonds.